The summed E-state index contributed by atoms with van der Waals surface area (Å²) in [6, 6.07) is 22.9. The van der Waals surface area contributed by atoms with E-state index in [1.54, 1.807) is 0 Å². The van der Waals surface area contributed by atoms with Gasteiger partial charge in [-0.25, -0.2) is 0 Å². The average Bonchev–Trinajstić information content (AvgIpc) is 3.36. The second-order valence-electron chi connectivity index (χ2n) is 10.4. The van der Waals surface area contributed by atoms with E-state index in [2.05, 4.69) is 39.6 Å². The first-order valence-corrected chi connectivity index (χ1v) is 14.0. The molecule has 0 radical (unpaired) electrons. The van der Waals surface area contributed by atoms with Gasteiger partial charge in [0.2, 0.25) is 5.91 Å². The fraction of sp³-hybridized carbons (Fsp3) is 0.312. The maximum atomic E-state index is 12.8. The number of nitrogens with zero attached hydrogens (tertiary/aromatic N) is 2. The molecule has 0 aliphatic carbocycles. The molecular formula is C32H37N5O3. The SMILES string of the molecule is CCN1C=CC(C(=O)Nc2ccc(Nc3ccc(NC(=O)c4ccc(N5CCC(O)CC5)cc4)cc3)cc2)C1C. The van der Waals surface area contributed by atoms with Crippen LogP contribution < -0.4 is 20.9 Å². The topological polar surface area (TPSA) is 96.9 Å². The van der Waals surface area contributed by atoms with Gasteiger partial charge in [-0.15, -0.1) is 0 Å². The van der Waals surface area contributed by atoms with Crippen molar-refractivity contribution < 1.29 is 14.7 Å². The van der Waals surface area contributed by atoms with Gasteiger partial charge >= 0.3 is 0 Å². The summed E-state index contributed by atoms with van der Waals surface area (Å²) < 4.78 is 0. The summed E-state index contributed by atoms with van der Waals surface area (Å²) in [5.41, 5.74) is 4.90. The molecule has 0 aromatic heterocycles. The number of hydrogen-bond acceptors (Lipinski definition) is 6. The summed E-state index contributed by atoms with van der Waals surface area (Å²) >= 11 is 0. The van der Waals surface area contributed by atoms with E-state index < -0.39 is 0 Å². The van der Waals surface area contributed by atoms with Crippen molar-refractivity contribution >= 4 is 40.3 Å². The van der Waals surface area contributed by atoms with Gasteiger partial charge < -0.3 is 30.9 Å². The van der Waals surface area contributed by atoms with Crippen molar-refractivity contribution in [1.82, 2.24) is 4.90 Å². The van der Waals surface area contributed by atoms with E-state index in [1.807, 2.05) is 85.1 Å². The molecule has 3 aromatic rings. The van der Waals surface area contributed by atoms with Crippen molar-refractivity contribution in [2.75, 3.05) is 40.5 Å². The molecule has 40 heavy (non-hydrogen) atoms. The number of carbonyl (C=O) groups is 2. The number of benzene rings is 3. The predicted molar refractivity (Wildman–Crippen MR) is 161 cm³/mol. The van der Waals surface area contributed by atoms with Crippen molar-refractivity contribution in [2.24, 2.45) is 5.92 Å². The first-order valence-electron chi connectivity index (χ1n) is 14.0. The first-order chi connectivity index (χ1) is 19.4. The van der Waals surface area contributed by atoms with E-state index in [4.69, 9.17) is 0 Å². The van der Waals surface area contributed by atoms with Gasteiger partial charge in [0.1, 0.15) is 0 Å². The van der Waals surface area contributed by atoms with Gasteiger partial charge in [-0.05, 0) is 106 Å². The molecular weight excluding hydrogens is 502 g/mol. The molecule has 5 rings (SSSR count). The summed E-state index contributed by atoms with van der Waals surface area (Å²) in [5.74, 6) is -0.327. The molecule has 0 spiro atoms. The van der Waals surface area contributed by atoms with Crippen LogP contribution in [0.5, 0.6) is 0 Å². The van der Waals surface area contributed by atoms with Crippen LogP contribution in [-0.2, 0) is 4.79 Å². The standard InChI is InChI=1S/C32H37N5O3/c1-3-36-21-18-30(22(36)2)32(40)35-27-12-8-25(9-13-27)33-24-6-10-26(11-7-24)34-31(39)23-4-14-28(15-5-23)37-19-16-29(38)17-20-37/h4-15,18,21-22,29-30,33,38H,3,16-17,19-20H2,1-2H3,(H,34,39)(H,35,40). The van der Waals surface area contributed by atoms with E-state index in [0.29, 0.717) is 11.3 Å². The number of nitrogens with one attached hydrogen (secondary N) is 3. The van der Waals surface area contributed by atoms with Crippen LogP contribution >= 0.6 is 0 Å². The second kappa shape index (κ2) is 12.3. The minimum atomic E-state index is -0.210. The van der Waals surface area contributed by atoms with Crippen molar-refractivity contribution in [3.05, 3.63) is 90.6 Å². The number of carbonyl (C=O) groups excluding carboxylic acids is 2. The summed E-state index contributed by atoms with van der Waals surface area (Å²) in [6.07, 6.45) is 5.29. The van der Waals surface area contributed by atoms with Crippen LogP contribution in [-0.4, -0.2) is 53.6 Å². The lowest BCUT2D eigenvalue weighted by Gasteiger charge is -2.31. The maximum absolute atomic E-state index is 12.8. The molecule has 2 aliphatic rings. The number of amides is 2. The highest BCUT2D eigenvalue weighted by atomic mass is 16.3. The molecule has 8 nitrogen and oxygen atoms in total. The Labute approximate surface area is 235 Å². The molecule has 1 fully saturated rings. The predicted octanol–water partition coefficient (Wildman–Crippen LogP) is 5.44. The third kappa shape index (κ3) is 6.46. The largest absolute Gasteiger partial charge is 0.393 e. The highest BCUT2D eigenvalue weighted by molar-refractivity contribution is 6.04. The van der Waals surface area contributed by atoms with E-state index in [0.717, 1.165) is 55.2 Å². The second-order valence-corrected chi connectivity index (χ2v) is 10.4. The molecule has 1 saturated heterocycles. The van der Waals surface area contributed by atoms with E-state index in [-0.39, 0.29) is 29.9 Å². The van der Waals surface area contributed by atoms with E-state index in [1.165, 1.54) is 0 Å². The molecule has 0 bridgehead atoms. The van der Waals surface area contributed by atoms with Crippen LogP contribution in [0.1, 0.15) is 37.0 Å². The number of aliphatic hydroxyl groups is 1. The zero-order valence-corrected chi connectivity index (χ0v) is 23.0. The van der Waals surface area contributed by atoms with Gasteiger partial charge in [0.05, 0.1) is 12.0 Å². The highest BCUT2D eigenvalue weighted by Gasteiger charge is 2.30. The van der Waals surface area contributed by atoms with Gasteiger partial charge in [0.25, 0.3) is 5.91 Å². The summed E-state index contributed by atoms with van der Waals surface area (Å²) in [7, 11) is 0. The number of hydrogen-bond donors (Lipinski definition) is 4. The molecule has 8 heteroatoms. The van der Waals surface area contributed by atoms with Gasteiger partial charge in [-0.1, -0.05) is 6.08 Å². The van der Waals surface area contributed by atoms with E-state index >= 15 is 0 Å². The fourth-order valence-corrected chi connectivity index (χ4v) is 5.22. The Morgan fingerprint density at radius 2 is 1.38 bits per heavy atom. The molecule has 2 amide bonds. The van der Waals surface area contributed by atoms with Crippen molar-refractivity contribution in [3.8, 4) is 0 Å². The third-order valence-corrected chi connectivity index (χ3v) is 7.74. The molecule has 2 unspecified atom stereocenters. The van der Waals surface area contributed by atoms with Crippen LogP contribution in [0.25, 0.3) is 0 Å². The Morgan fingerprint density at radius 1 is 0.825 bits per heavy atom. The number of aliphatic hydroxyl groups excluding tert-OH is 1. The van der Waals surface area contributed by atoms with Crippen LogP contribution in [0, 0.1) is 5.92 Å². The Hall–Kier alpha value is -4.30. The van der Waals surface area contributed by atoms with Crippen LogP contribution in [0.4, 0.5) is 28.4 Å². The van der Waals surface area contributed by atoms with E-state index in [9.17, 15) is 14.7 Å². The Morgan fingerprint density at radius 3 is 1.93 bits per heavy atom. The lowest BCUT2D eigenvalue weighted by Crippen LogP contribution is -2.35. The summed E-state index contributed by atoms with van der Waals surface area (Å²) in [4.78, 5) is 29.9. The van der Waals surface area contributed by atoms with Crippen LogP contribution in [0.2, 0.25) is 0 Å². The van der Waals surface area contributed by atoms with Crippen molar-refractivity contribution in [1.29, 1.82) is 0 Å². The molecule has 3 aromatic carbocycles. The molecule has 2 aliphatic heterocycles. The highest BCUT2D eigenvalue weighted by Crippen LogP contribution is 2.25. The van der Waals surface area contributed by atoms with Gasteiger partial charge in [0, 0.05) is 59.7 Å². The molecule has 0 saturated carbocycles. The minimum absolute atomic E-state index is 0.00303. The summed E-state index contributed by atoms with van der Waals surface area (Å²) in [5, 5.41) is 19.0. The molecule has 208 valence electrons. The smallest absolute Gasteiger partial charge is 0.255 e. The summed E-state index contributed by atoms with van der Waals surface area (Å²) in [6.45, 7) is 6.68. The Balaban J connectivity index is 1.11. The first kappa shape index (κ1) is 27.3. The monoisotopic (exact) mass is 539 g/mol. The van der Waals surface area contributed by atoms with Crippen LogP contribution in [0.3, 0.4) is 0 Å². The Kier molecular flexibility index (Phi) is 8.36. The number of anilines is 5. The third-order valence-electron chi connectivity index (χ3n) is 7.74. The average molecular weight is 540 g/mol. The molecule has 4 N–H and O–H groups in total. The van der Waals surface area contributed by atoms with Crippen LogP contribution in [0.15, 0.2) is 85.1 Å². The van der Waals surface area contributed by atoms with Gasteiger partial charge in [-0.3, -0.25) is 9.59 Å². The number of rotatable bonds is 8. The molecule has 2 heterocycles. The zero-order chi connectivity index (χ0) is 28.1. The normalized spacial score (nSPS) is 19.0. The number of piperidine rings is 1. The lowest BCUT2D eigenvalue weighted by molar-refractivity contribution is -0.119. The minimum Gasteiger partial charge on any atom is -0.393 e. The molecule has 2 atom stereocenters. The Bertz CT molecular complexity index is 1330. The van der Waals surface area contributed by atoms with Gasteiger partial charge in [0.15, 0.2) is 0 Å². The fourth-order valence-electron chi connectivity index (χ4n) is 5.22. The van der Waals surface area contributed by atoms with Crippen molar-refractivity contribution in [3.63, 3.8) is 0 Å². The lowest BCUT2D eigenvalue weighted by atomic mass is 10.0. The van der Waals surface area contributed by atoms with Crippen molar-refractivity contribution in [2.45, 2.75) is 38.8 Å². The quantitative estimate of drug-likeness (QED) is 0.305. The maximum Gasteiger partial charge on any atom is 0.255 e. The zero-order valence-electron chi connectivity index (χ0n) is 23.0. The van der Waals surface area contributed by atoms with Gasteiger partial charge in [-0.2, -0.15) is 0 Å².